The summed E-state index contributed by atoms with van der Waals surface area (Å²) in [5.74, 6) is -0.273. The number of rotatable bonds is 7. The number of carbonyl (C=O) groups is 3. The number of aryl methyl sites for hydroxylation is 2. The Bertz CT molecular complexity index is 1020. The summed E-state index contributed by atoms with van der Waals surface area (Å²) in [7, 11) is 0. The van der Waals surface area contributed by atoms with Crippen LogP contribution in [-0.4, -0.2) is 35.1 Å². The lowest BCUT2D eigenvalue weighted by Gasteiger charge is -2.15. The number of thioether (sulfide) groups is 1. The molecule has 0 aromatic heterocycles. The van der Waals surface area contributed by atoms with Crippen LogP contribution in [0.5, 0.6) is 5.75 Å². The summed E-state index contributed by atoms with van der Waals surface area (Å²) in [5.41, 5.74) is 3.25. The Hall–Kier alpha value is -3.32. The molecule has 0 atom stereocenters. The molecule has 2 aromatic carbocycles. The van der Waals surface area contributed by atoms with Gasteiger partial charge in [0, 0.05) is 5.69 Å². The van der Waals surface area contributed by atoms with E-state index in [1.54, 1.807) is 30.4 Å². The van der Waals surface area contributed by atoms with E-state index in [9.17, 15) is 14.4 Å². The number of benzene rings is 2. The molecule has 0 saturated carbocycles. The maximum absolute atomic E-state index is 12.7. The highest BCUT2D eigenvalue weighted by Crippen LogP contribution is 2.32. The Balaban J connectivity index is 1.71. The van der Waals surface area contributed by atoms with Crippen molar-refractivity contribution in [3.05, 3.63) is 76.7 Å². The first-order chi connectivity index (χ1) is 14.4. The van der Waals surface area contributed by atoms with Gasteiger partial charge in [0.05, 0.1) is 4.91 Å². The Labute approximate surface area is 179 Å². The average Bonchev–Trinajstić information content (AvgIpc) is 2.97. The van der Waals surface area contributed by atoms with Crippen molar-refractivity contribution in [1.29, 1.82) is 0 Å². The number of imide groups is 1. The largest absolute Gasteiger partial charge is 0.490 e. The molecule has 154 valence electrons. The zero-order valence-electron chi connectivity index (χ0n) is 16.8. The van der Waals surface area contributed by atoms with E-state index in [-0.39, 0.29) is 11.4 Å². The quantitative estimate of drug-likeness (QED) is 0.524. The highest BCUT2D eigenvalue weighted by Gasteiger charge is 2.36. The number of ether oxygens (including phenoxy) is 1. The molecule has 1 N–H and O–H groups in total. The maximum atomic E-state index is 12.7. The summed E-state index contributed by atoms with van der Waals surface area (Å²) in [4.78, 5) is 38.7. The number of carbonyl (C=O) groups excluding carboxylic acids is 3. The molecular weight excluding hydrogens is 400 g/mol. The van der Waals surface area contributed by atoms with Crippen LogP contribution in [0.4, 0.5) is 10.5 Å². The minimum absolute atomic E-state index is 0.265. The van der Waals surface area contributed by atoms with E-state index in [1.165, 1.54) is 0 Å². The van der Waals surface area contributed by atoms with Crippen molar-refractivity contribution in [2.75, 3.05) is 18.5 Å². The zero-order valence-corrected chi connectivity index (χ0v) is 17.6. The second-order valence-corrected chi connectivity index (χ2v) is 7.75. The number of nitrogens with zero attached hydrogens (tertiary/aromatic N) is 1. The molecule has 1 aliphatic heterocycles. The monoisotopic (exact) mass is 422 g/mol. The maximum Gasteiger partial charge on any atom is 0.294 e. The van der Waals surface area contributed by atoms with Crippen molar-refractivity contribution in [2.45, 2.75) is 13.8 Å². The molecule has 0 aliphatic carbocycles. The first kappa shape index (κ1) is 21.4. The van der Waals surface area contributed by atoms with E-state index in [0.29, 0.717) is 18.0 Å². The lowest BCUT2D eigenvalue weighted by molar-refractivity contribution is -0.127. The fourth-order valence-electron chi connectivity index (χ4n) is 2.97. The molecule has 0 unspecified atom stereocenters. The Morgan fingerprint density at radius 1 is 1.17 bits per heavy atom. The van der Waals surface area contributed by atoms with Crippen LogP contribution in [0.1, 0.15) is 16.7 Å². The summed E-state index contributed by atoms with van der Waals surface area (Å²) in [6.45, 7) is 7.42. The van der Waals surface area contributed by atoms with Gasteiger partial charge >= 0.3 is 0 Å². The van der Waals surface area contributed by atoms with Gasteiger partial charge in [0.25, 0.3) is 11.1 Å². The molecule has 3 rings (SSSR count). The smallest absolute Gasteiger partial charge is 0.294 e. The third kappa shape index (κ3) is 4.99. The standard InChI is InChI=1S/C23H22N2O4S/c1-4-11-29-18-10-6-9-17(12-18)13-19-22(27)25(23(28)30-19)14-20(26)24-21-15(2)7-5-8-16(21)3/h4-10,12-13H,1,11,14H2,2-3H3,(H,24,26)/b19-13+. The van der Waals surface area contributed by atoms with Crippen LogP contribution in [0.15, 0.2) is 60.0 Å². The van der Waals surface area contributed by atoms with Crippen LogP contribution in [0.25, 0.3) is 6.08 Å². The summed E-state index contributed by atoms with van der Waals surface area (Å²) >= 11 is 0.816. The fourth-order valence-corrected chi connectivity index (χ4v) is 3.81. The van der Waals surface area contributed by atoms with Gasteiger partial charge in [0.1, 0.15) is 18.9 Å². The molecule has 7 heteroatoms. The topological polar surface area (TPSA) is 75.7 Å². The molecule has 1 aliphatic rings. The molecule has 0 radical (unpaired) electrons. The van der Waals surface area contributed by atoms with Crippen molar-refractivity contribution >= 4 is 40.6 Å². The predicted molar refractivity (Wildman–Crippen MR) is 119 cm³/mol. The van der Waals surface area contributed by atoms with E-state index >= 15 is 0 Å². The Morgan fingerprint density at radius 2 is 1.87 bits per heavy atom. The van der Waals surface area contributed by atoms with Gasteiger partial charge in [-0.25, -0.2) is 0 Å². The van der Waals surface area contributed by atoms with E-state index in [4.69, 9.17) is 4.74 Å². The summed E-state index contributed by atoms with van der Waals surface area (Å²) < 4.78 is 5.49. The number of hydrogen-bond acceptors (Lipinski definition) is 5. The van der Waals surface area contributed by atoms with E-state index in [0.717, 1.165) is 33.4 Å². The van der Waals surface area contributed by atoms with Gasteiger partial charge in [-0.15, -0.1) is 0 Å². The molecule has 0 bridgehead atoms. The third-order valence-electron chi connectivity index (χ3n) is 4.44. The van der Waals surface area contributed by atoms with Gasteiger partial charge in [0.15, 0.2) is 0 Å². The molecule has 3 amide bonds. The summed E-state index contributed by atoms with van der Waals surface area (Å²) in [6.07, 6.45) is 3.26. The highest BCUT2D eigenvalue weighted by atomic mass is 32.2. The highest BCUT2D eigenvalue weighted by molar-refractivity contribution is 8.18. The van der Waals surface area contributed by atoms with E-state index < -0.39 is 17.1 Å². The molecule has 0 spiro atoms. The molecule has 1 heterocycles. The summed E-state index contributed by atoms with van der Waals surface area (Å²) in [5, 5.41) is 2.33. The van der Waals surface area contributed by atoms with Crippen LogP contribution in [0.3, 0.4) is 0 Å². The lowest BCUT2D eigenvalue weighted by atomic mass is 10.1. The average molecular weight is 423 g/mol. The minimum atomic E-state index is -0.487. The SMILES string of the molecule is C=CCOc1cccc(/C=C2/SC(=O)N(CC(=O)Nc3c(C)cccc3C)C2=O)c1. The van der Waals surface area contributed by atoms with Gasteiger partial charge in [-0.3, -0.25) is 19.3 Å². The van der Waals surface area contributed by atoms with Gasteiger partial charge in [-0.1, -0.05) is 43.0 Å². The van der Waals surface area contributed by atoms with Crippen LogP contribution in [-0.2, 0) is 9.59 Å². The van der Waals surface area contributed by atoms with Gasteiger partial charge in [0.2, 0.25) is 5.91 Å². The number of anilines is 1. The minimum Gasteiger partial charge on any atom is -0.490 e. The lowest BCUT2D eigenvalue weighted by Crippen LogP contribution is -2.36. The molecule has 2 aromatic rings. The van der Waals surface area contributed by atoms with Crippen LogP contribution >= 0.6 is 11.8 Å². The fraction of sp³-hybridized carbons (Fsp3) is 0.174. The second-order valence-electron chi connectivity index (χ2n) is 6.76. The molecule has 30 heavy (non-hydrogen) atoms. The van der Waals surface area contributed by atoms with Gasteiger partial charge in [-0.2, -0.15) is 0 Å². The summed E-state index contributed by atoms with van der Waals surface area (Å²) in [6, 6.07) is 12.8. The van der Waals surface area contributed by atoms with Crippen molar-refractivity contribution in [3.63, 3.8) is 0 Å². The van der Waals surface area contributed by atoms with E-state index in [2.05, 4.69) is 11.9 Å². The second kappa shape index (κ2) is 9.45. The normalized spacial score (nSPS) is 14.9. The van der Waals surface area contributed by atoms with Crippen molar-refractivity contribution < 1.29 is 19.1 Å². The zero-order chi connectivity index (χ0) is 21.7. The number of amides is 3. The number of para-hydroxylation sites is 1. The number of hydrogen-bond donors (Lipinski definition) is 1. The molecule has 6 nitrogen and oxygen atoms in total. The van der Waals surface area contributed by atoms with Crippen LogP contribution < -0.4 is 10.1 Å². The van der Waals surface area contributed by atoms with Gasteiger partial charge in [-0.05, 0) is 60.5 Å². The van der Waals surface area contributed by atoms with Crippen LogP contribution in [0.2, 0.25) is 0 Å². The van der Waals surface area contributed by atoms with Crippen molar-refractivity contribution in [2.24, 2.45) is 0 Å². The van der Waals surface area contributed by atoms with E-state index in [1.807, 2.05) is 38.1 Å². The third-order valence-corrected chi connectivity index (χ3v) is 5.35. The number of nitrogens with one attached hydrogen (secondary N) is 1. The molecular formula is C23H22N2O4S. The Morgan fingerprint density at radius 3 is 2.57 bits per heavy atom. The predicted octanol–water partition coefficient (Wildman–Crippen LogP) is 4.54. The van der Waals surface area contributed by atoms with Crippen molar-refractivity contribution in [3.8, 4) is 5.75 Å². The Kier molecular flexibility index (Phi) is 6.74. The first-order valence-corrected chi connectivity index (χ1v) is 10.2. The molecule has 1 fully saturated rings. The van der Waals surface area contributed by atoms with Crippen molar-refractivity contribution in [1.82, 2.24) is 4.90 Å². The van der Waals surface area contributed by atoms with Gasteiger partial charge < -0.3 is 10.1 Å². The molecule has 1 saturated heterocycles. The van der Waals surface area contributed by atoms with Crippen LogP contribution in [0, 0.1) is 13.8 Å². The first-order valence-electron chi connectivity index (χ1n) is 9.34.